The minimum absolute atomic E-state index is 0.399. The van der Waals surface area contributed by atoms with Crippen molar-refractivity contribution in [2.75, 3.05) is 39.4 Å². The lowest BCUT2D eigenvalue weighted by Crippen LogP contribution is -2.44. The number of morpholine rings is 1. The molecule has 0 saturated carbocycles. The van der Waals surface area contributed by atoms with Crippen LogP contribution in [0.4, 0.5) is 0 Å². The summed E-state index contributed by atoms with van der Waals surface area (Å²) in [5.74, 6) is 0.755. The van der Waals surface area contributed by atoms with Crippen LogP contribution in [-0.2, 0) is 21.3 Å². The van der Waals surface area contributed by atoms with Gasteiger partial charge in [-0.3, -0.25) is 4.90 Å². The maximum Gasteiger partial charge on any atom is 0.243 e. The van der Waals surface area contributed by atoms with Crippen LogP contribution in [0.3, 0.4) is 0 Å². The third kappa shape index (κ3) is 3.29. The fourth-order valence-corrected chi connectivity index (χ4v) is 4.43. The third-order valence-electron chi connectivity index (χ3n) is 4.05. The average Bonchev–Trinajstić information content (AvgIpc) is 2.47. The van der Waals surface area contributed by atoms with Crippen molar-refractivity contribution in [3.05, 3.63) is 29.8 Å². The lowest BCUT2D eigenvalue weighted by molar-refractivity contribution is 0.0730. The fraction of sp³-hybridized carbons (Fsp3) is 0.600. The van der Waals surface area contributed by atoms with Gasteiger partial charge in [-0.1, -0.05) is 19.1 Å². The Morgan fingerprint density at radius 1 is 1.24 bits per heavy atom. The first-order valence-corrected chi connectivity index (χ1v) is 8.89. The van der Waals surface area contributed by atoms with Crippen LogP contribution in [-0.4, -0.2) is 57.0 Å². The fourth-order valence-electron chi connectivity index (χ4n) is 2.96. The van der Waals surface area contributed by atoms with E-state index < -0.39 is 10.0 Å². The first kappa shape index (κ1) is 15.0. The van der Waals surface area contributed by atoms with E-state index in [1.165, 1.54) is 4.31 Å². The zero-order valence-corrected chi connectivity index (χ0v) is 13.2. The molecule has 2 saturated heterocycles. The Hall–Kier alpha value is -0.950. The highest BCUT2D eigenvalue weighted by Gasteiger charge is 2.27. The van der Waals surface area contributed by atoms with Crippen molar-refractivity contribution in [1.29, 1.82) is 0 Å². The second kappa shape index (κ2) is 6.04. The number of likely N-dealkylation sites (tertiary alicyclic amines) is 1. The Kier molecular flexibility index (Phi) is 4.31. The predicted molar refractivity (Wildman–Crippen MR) is 80.5 cm³/mol. The minimum atomic E-state index is -3.38. The zero-order chi connectivity index (χ0) is 14.9. The third-order valence-corrected chi connectivity index (χ3v) is 5.95. The van der Waals surface area contributed by atoms with Gasteiger partial charge in [0.15, 0.2) is 0 Å². The SMILES string of the molecule is CC1CN(Cc2cccc(S(=O)(=O)N3CCOCC3)c2)C1. The van der Waals surface area contributed by atoms with Crippen LogP contribution in [0.5, 0.6) is 0 Å². The van der Waals surface area contributed by atoms with E-state index in [2.05, 4.69) is 11.8 Å². The number of sulfonamides is 1. The maximum absolute atomic E-state index is 12.6. The first-order chi connectivity index (χ1) is 10.1. The average molecular weight is 310 g/mol. The highest BCUT2D eigenvalue weighted by Crippen LogP contribution is 2.21. The summed E-state index contributed by atoms with van der Waals surface area (Å²) in [5.41, 5.74) is 1.07. The van der Waals surface area contributed by atoms with Gasteiger partial charge in [-0.25, -0.2) is 8.42 Å². The molecule has 0 radical (unpaired) electrons. The van der Waals surface area contributed by atoms with E-state index in [9.17, 15) is 8.42 Å². The summed E-state index contributed by atoms with van der Waals surface area (Å²) in [6, 6.07) is 7.34. The molecule has 0 spiro atoms. The summed E-state index contributed by atoms with van der Waals surface area (Å²) in [6.07, 6.45) is 0. The Bertz CT molecular complexity index is 591. The molecule has 0 unspecified atom stereocenters. The van der Waals surface area contributed by atoms with E-state index in [1.54, 1.807) is 6.07 Å². The smallest absolute Gasteiger partial charge is 0.243 e. The van der Waals surface area contributed by atoms with E-state index in [1.807, 2.05) is 18.2 Å². The predicted octanol–water partition coefficient (Wildman–Crippen LogP) is 1.16. The van der Waals surface area contributed by atoms with E-state index in [0.29, 0.717) is 31.2 Å². The standard InChI is InChI=1S/C15H22N2O3S/c1-13-10-16(11-13)12-14-3-2-4-15(9-14)21(18,19)17-5-7-20-8-6-17/h2-4,9,13H,5-8,10-12H2,1H3. The second-order valence-corrected chi connectivity index (χ2v) is 7.90. The molecule has 6 heteroatoms. The van der Waals surface area contributed by atoms with Crippen LogP contribution in [0.15, 0.2) is 29.2 Å². The van der Waals surface area contributed by atoms with Gasteiger partial charge in [0.2, 0.25) is 10.0 Å². The zero-order valence-electron chi connectivity index (χ0n) is 12.4. The topological polar surface area (TPSA) is 49.9 Å². The van der Waals surface area contributed by atoms with Gasteiger partial charge >= 0.3 is 0 Å². The van der Waals surface area contributed by atoms with Gasteiger partial charge in [0, 0.05) is 32.7 Å². The quantitative estimate of drug-likeness (QED) is 0.837. The molecule has 2 fully saturated rings. The highest BCUT2D eigenvalue weighted by atomic mass is 32.2. The van der Waals surface area contributed by atoms with Crippen molar-refractivity contribution in [2.45, 2.75) is 18.4 Å². The molecular weight excluding hydrogens is 288 g/mol. The maximum atomic E-state index is 12.6. The number of ether oxygens (including phenoxy) is 1. The lowest BCUT2D eigenvalue weighted by atomic mass is 10.0. The summed E-state index contributed by atoms with van der Waals surface area (Å²) >= 11 is 0. The molecule has 2 heterocycles. The lowest BCUT2D eigenvalue weighted by Gasteiger charge is -2.37. The van der Waals surface area contributed by atoms with Gasteiger partial charge in [-0.15, -0.1) is 0 Å². The molecule has 5 nitrogen and oxygen atoms in total. The second-order valence-electron chi connectivity index (χ2n) is 5.96. The first-order valence-electron chi connectivity index (χ1n) is 7.45. The number of hydrogen-bond acceptors (Lipinski definition) is 4. The summed E-state index contributed by atoms with van der Waals surface area (Å²) in [7, 11) is -3.38. The van der Waals surface area contributed by atoms with Crippen molar-refractivity contribution in [1.82, 2.24) is 9.21 Å². The van der Waals surface area contributed by atoms with Crippen LogP contribution >= 0.6 is 0 Å². The molecule has 0 atom stereocenters. The molecule has 116 valence electrons. The summed E-state index contributed by atoms with van der Waals surface area (Å²) in [5, 5.41) is 0. The van der Waals surface area contributed by atoms with Gasteiger partial charge in [-0.05, 0) is 23.6 Å². The largest absolute Gasteiger partial charge is 0.379 e. The Labute approximate surface area is 126 Å². The molecule has 2 aliphatic rings. The summed E-state index contributed by atoms with van der Waals surface area (Å²) in [6.45, 7) is 7.09. The van der Waals surface area contributed by atoms with Gasteiger partial charge in [0.1, 0.15) is 0 Å². The Morgan fingerprint density at radius 3 is 2.62 bits per heavy atom. The number of hydrogen-bond donors (Lipinski definition) is 0. The van der Waals surface area contributed by atoms with Crippen LogP contribution < -0.4 is 0 Å². The van der Waals surface area contributed by atoms with Crippen molar-refractivity contribution in [2.24, 2.45) is 5.92 Å². The molecule has 0 bridgehead atoms. The van der Waals surface area contributed by atoms with Gasteiger partial charge in [-0.2, -0.15) is 4.31 Å². The molecule has 0 N–H and O–H groups in total. The molecule has 0 aromatic heterocycles. The monoisotopic (exact) mass is 310 g/mol. The van der Waals surface area contributed by atoms with Crippen LogP contribution in [0.25, 0.3) is 0 Å². The summed E-state index contributed by atoms with van der Waals surface area (Å²) < 4.78 is 32.0. The van der Waals surface area contributed by atoms with Crippen molar-refractivity contribution in [3.63, 3.8) is 0 Å². The molecule has 1 aromatic carbocycles. The van der Waals surface area contributed by atoms with Gasteiger partial charge in [0.05, 0.1) is 18.1 Å². The van der Waals surface area contributed by atoms with E-state index >= 15 is 0 Å². The van der Waals surface area contributed by atoms with Gasteiger partial charge < -0.3 is 4.74 Å². The van der Waals surface area contributed by atoms with Crippen LogP contribution in [0, 0.1) is 5.92 Å². The molecule has 3 rings (SSSR count). The van der Waals surface area contributed by atoms with Crippen molar-refractivity contribution in [3.8, 4) is 0 Å². The Morgan fingerprint density at radius 2 is 1.95 bits per heavy atom. The number of benzene rings is 1. The van der Waals surface area contributed by atoms with E-state index in [0.717, 1.165) is 31.1 Å². The van der Waals surface area contributed by atoms with E-state index in [-0.39, 0.29) is 0 Å². The molecule has 2 aliphatic heterocycles. The molecule has 1 aromatic rings. The van der Waals surface area contributed by atoms with Crippen LogP contribution in [0.1, 0.15) is 12.5 Å². The minimum Gasteiger partial charge on any atom is -0.379 e. The van der Waals surface area contributed by atoms with Crippen molar-refractivity contribution >= 4 is 10.0 Å². The number of nitrogens with zero attached hydrogens (tertiary/aromatic N) is 2. The molecule has 21 heavy (non-hydrogen) atoms. The van der Waals surface area contributed by atoms with E-state index in [4.69, 9.17) is 4.74 Å². The Balaban J connectivity index is 1.75. The van der Waals surface area contributed by atoms with Crippen LogP contribution in [0.2, 0.25) is 0 Å². The summed E-state index contributed by atoms with van der Waals surface area (Å²) in [4.78, 5) is 2.74. The molecule has 0 amide bonds. The van der Waals surface area contributed by atoms with Crippen molar-refractivity contribution < 1.29 is 13.2 Å². The molecular formula is C15H22N2O3S. The number of rotatable bonds is 4. The normalized spacial score (nSPS) is 22.1. The van der Waals surface area contributed by atoms with Gasteiger partial charge in [0.25, 0.3) is 0 Å². The molecule has 0 aliphatic carbocycles. The highest BCUT2D eigenvalue weighted by molar-refractivity contribution is 7.89.